The van der Waals surface area contributed by atoms with Crippen molar-refractivity contribution in [2.45, 2.75) is 13.8 Å². The third-order valence-electron chi connectivity index (χ3n) is 4.88. The van der Waals surface area contributed by atoms with Crippen LogP contribution in [-0.2, 0) is 9.59 Å². The van der Waals surface area contributed by atoms with Crippen molar-refractivity contribution in [2.24, 2.45) is 0 Å². The number of halogens is 1. The zero-order valence-electron chi connectivity index (χ0n) is 15.7. The van der Waals surface area contributed by atoms with Gasteiger partial charge in [0.2, 0.25) is 11.8 Å². The van der Waals surface area contributed by atoms with Crippen molar-refractivity contribution in [3.8, 4) is 0 Å². The molecule has 0 saturated carbocycles. The Kier molecular flexibility index (Phi) is 6.01. The summed E-state index contributed by atoms with van der Waals surface area (Å²) in [4.78, 5) is 30.6. The number of para-hydroxylation sites is 1. The molecule has 0 N–H and O–H groups in total. The molecule has 5 nitrogen and oxygen atoms in total. The lowest BCUT2D eigenvalue weighted by atomic mass is 10.1. The van der Waals surface area contributed by atoms with E-state index in [4.69, 9.17) is 11.6 Å². The third-order valence-corrected chi connectivity index (χ3v) is 5.11. The van der Waals surface area contributed by atoms with Gasteiger partial charge >= 0.3 is 0 Å². The van der Waals surface area contributed by atoms with Crippen molar-refractivity contribution in [3.63, 3.8) is 0 Å². The van der Waals surface area contributed by atoms with Crippen molar-refractivity contribution < 1.29 is 9.59 Å². The number of hydrogen-bond acceptors (Lipinski definition) is 3. The molecule has 2 amide bonds. The van der Waals surface area contributed by atoms with E-state index in [1.54, 1.807) is 18.2 Å². The second kappa shape index (κ2) is 8.44. The molecule has 2 aromatic rings. The van der Waals surface area contributed by atoms with Crippen LogP contribution in [0.4, 0.5) is 11.4 Å². The summed E-state index contributed by atoms with van der Waals surface area (Å²) in [6.45, 7) is 6.29. The van der Waals surface area contributed by atoms with Crippen LogP contribution < -0.4 is 9.80 Å². The molecular formula is C21H24ClN3O2. The van der Waals surface area contributed by atoms with Crippen LogP contribution in [0.1, 0.15) is 12.5 Å². The SMILES string of the molecule is CC(=O)N(CC(=O)N1CCN(c2ccccc2)CC1)c1ccc(Cl)cc1C. The maximum atomic E-state index is 12.8. The lowest BCUT2D eigenvalue weighted by molar-refractivity contribution is -0.131. The summed E-state index contributed by atoms with van der Waals surface area (Å²) in [7, 11) is 0. The predicted octanol–water partition coefficient (Wildman–Crippen LogP) is 3.35. The van der Waals surface area contributed by atoms with Crippen molar-refractivity contribution >= 4 is 34.8 Å². The quantitative estimate of drug-likeness (QED) is 0.810. The van der Waals surface area contributed by atoms with E-state index in [9.17, 15) is 9.59 Å². The van der Waals surface area contributed by atoms with Gasteiger partial charge in [-0.2, -0.15) is 0 Å². The second-order valence-corrected chi connectivity index (χ2v) is 7.18. The highest BCUT2D eigenvalue weighted by Crippen LogP contribution is 2.24. The van der Waals surface area contributed by atoms with E-state index < -0.39 is 0 Å². The first-order chi connectivity index (χ1) is 13.0. The van der Waals surface area contributed by atoms with Crippen molar-refractivity contribution in [1.82, 2.24) is 4.90 Å². The lowest BCUT2D eigenvalue weighted by Gasteiger charge is -2.37. The summed E-state index contributed by atoms with van der Waals surface area (Å²) in [6.07, 6.45) is 0. The molecular weight excluding hydrogens is 362 g/mol. The van der Waals surface area contributed by atoms with Crippen LogP contribution in [0, 0.1) is 6.92 Å². The van der Waals surface area contributed by atoms with E-state index in [-0.39, 0.29) is 18.4 Å². The molecule has 1 saturated heterocycles. The zero-order chi connectivity index (χ0) is 19.4. The van der Waals surface area contributed by atoms with Crippen LogP contribution in [0.2, 0.25) is 5.02 Å². The van der Waals surface area contributed by atoms with Gasteiger partial charge in [0.1, 0.15) is 6.54 Å². The van der Waals surface area contributed by atoms with Gasteiger partial charge in [0.25, 0.3) is 0 Å². The Bertz CT molecular complexity index is 817. The maximum Gasteiger partial charge on any atom is 0.242 e. The highest BCUT2D eigenvalue weighted by molar-refractivity contribution is 6.30. The molecule has 0 aliphatic carbocycles. The van der Waals surface area contributed by atoms with E-state index in [1.807, 2.05) is 30.0 Å². The van der Waals surface area contributed by atoms with Gasteiger partial charge in [-0.1, -0.05) is 29.8 Å². The lowest BCUT2D eigenvalue weighted by Crippen LogP contribution is -2.52. The Balaban J connectivity index is 1.64. The molecule has 1 heterocycles. The molecule has 6 heteroatoms. The number of nitrogens with zero attached hydrogens (tertiary/aromatic N) is 3. The Hall–Kier alpha value is -2.53. The van der Waals surface area contributed by atoms with E-state index in [1.165, 1.54) is 17.5 Å². The van der Waals surface area contributed by atoms with E-state index in [0.29, 0.717) is 18.1 Å². The molecule has 27 heavy (non-hydrogen) atoms. The minimum absolute atomic E-state index is 0.0349. The van der Waals surface area contributed by atoms with Gasteiger partial charge < -0.3 is 14.7 Å². The average molecular weight is 386 g/mol. The monoisotopic (exact) mass is 385 g/mol. The molecule has 0 bridgehead atoms. The number of anilines is 2. The number of rotatable bonds is 4. The molecule has 1 aliphatic heterocycles. The van der Waals surface area contributed by atoms with Gasteiger partial charge in [0.05, 0.1) is 0 Å². The summed E-state index contributed by atoms with van der Waals surface area (Å²) in [5, 5.41) is 0.614. The van der Waals surface area contributed by atoms with Crippen molar-refractivity contribution in [3.05, 3.63) is 59.1 Å². The topological polar surface area (TPSA) is 43.9 Å². The van der Waals surface area contributed by atoms with E-state index in [2.05, 4.69) is 17.0 Å². The first-order valence-corrected chi connectivity index (χ1v) is 9.45. The highest BCUT2D eigenvalue weighted by Gasteiger charge is 2.25. The molecule has 1 aliphatic rings. The first kappa shape index (κ1) is 19.2. The van der Waals surface area contributed by atoms with Gasteiger partial charge in [-0.15, -0.1) is 0 Å². The van der Waals surface area contributed by atoms with Crippen molar-refractivity contribution in [1.29, 1.82) is 0 Å². The second-order valence-electron chi connectivity index (χ2n) is 6.74. The maximum absolute atomic E-state index is 12.8. The number of piperazine rings is 1. The van der Waals surface area contributed by atoms with Gasteiger partial charge in [-0.25, -0.2) is 0 Å². The summed E-state index contributed by atoms with van der Waals surface area (Å²) in [6, 6.07) is 15.5. The van der Waals surface area contributed by atoms with Crippen molar-refractivity contribution in [2.75, 3.05) is 42.5 Å². The zero-order valence-corrected chi connectivity index (χ0v) is 16.4. The van der Waals surface area contributed by atoms with E-state index in [0.717, 1.165) is 24.3 Å². The largest absolute Gasteiger partial charge is 0.368 e. The molecule has 0 spiro atoms. The van der Waals surface area contributed by atoms with Crippen LogP contribution >= 0.6 is 11.6 Å². The molecule has 0 atom stereocenters. The number of aryl methyl sites for hydroxylation is 1. The summed E-state index contributed by atoms with van der Waals surface area (Å²) >= 11 is 6.01. The van der Waals surface area contributed by atoms with Crippen LogP contribution in [0.5, 0.6) is 0 Å². The Morgan fingerprint density at radius 1 is 1.04 bits per heavy atom. The van der Waals surface area contributed by atoms with E-state index >= 15 is 0 Å². The number of carbonyl (C=O) groups is 2. The van der Waals surface area contributed by atoms with Gasteiger partial charge in [-0.3, -0.25) is 9.59 Å². The number of hydrogen-bond donors (Lipinski definition) is 0. The fraction of sp³-hybridized carbons (Fsp3) is 0.333. The minimum atomic E-state index is -0.156. The van der Waals surface area contributed by atoms with Gasteiger partial charge in [-0.05, 0) is 42.8 Å². The van der Waals surface area contributed by atoms with Crippen LogP contribution in [0.15, 0.2) is 48.5 Å². The Labute approximate surface area is 165 Å². The first-order valence-electron chi connectivity index (χ1n) is 9.08. The smallest absolute Gasteiger partial charge is 0.242 e. The fourth-order valence-corrected chi connectivity index (χ4v) is 3.60. The predicted molar refractivity (Wildman–Crippen MR) is 109 cm³/mol. The van der Waals surface area contributed by atoms with Gasteiger partial charge in [0, 0.05) is 49.5 Å². The summed E-state index contributed by atoms with van der Waals surface area (Å²) < 4.78 is 0. The number of amides is 2. The number of benzene rings is 2. The summed E-state index contributed by atoms with van der Waals surface area (Å²) in [5.74, 6) is -0.191. The highest BCUT2D eigenvalue weighted by atomic mass is 35.5. The third kappa shape index (κ3) is 4.61. The molecule has 0 aromatic heterocycles. The molecule has 0 radical (unpaired) electrons. The molecule has 1 fully saturated rings. The standard InChI is InChI=1S/C21H24ClN3O2/c1-16-14-18(22)8-9-20(16)25(17(2)26)15-21(27)24-12-10-23(11-13-24)19-6-4-3-5-7-19/h3-9,14H,10-13,15H2,1-2H3. The van der Waals surface area contributed by atoms with Crippen LogP contribution in [0.25, 0.3) is 0 Å². The molecule has 0 unspecified atom stereocenters. The Morgan fingerprint density at radius 2 is 1.70 bits per heavy atom. The minimum Gasteiger partial charge on any atom is -0.368 e. The van der Waals surface area contributed by atoms with Crippen LogP contribution in [-0.4, -0.2) is 49.4 Å². The molecule has 2 aromatic carbocycles. The van der Waals surface area contributed by atoms with Gasteiger partial charge in [0.15, 0.2) is 0 Å². The Morgan fingerprint density at radius 3 is 2.30 bits per heavy atom. The average Bonchev–Trinajstić information content (AvgIpc) is 2.67. The molecule has 142 valence electrons. The number of carbonyl (C=O) groups excluding carboxylic acids is 2. The molecule has 3 rings (SSSR count). The normalized spacial score (nSPS) is 14.2. The fourth-order valence-electron chi connectivity index (χ4n) is 3.38. The summed E-state index contributed by atoms with van der Waals surface area (Å²) in [5.41, 5.74) is 2.77. The van der Waals surface area contributed by atoms with Crippen LogP contribution in [0.3, 0.4) is 0 Å².